The van der Waals surface area contributed by atoms with E-state index >= 15 is 0 Å². The quantitative estimate of drug-likeness (QED) is 0.665. The highest BCUT2D eigenvalue weighted by atomic mass is 15.1. The normalized spacial score (nSPS) is 20.7. The number of para-hydroxylation sites is 1. The fraction of sp³-hybridized carbons (Fsp3) is 0.400. The van der Waals surface area contributed by atoms with E-state index in [-0.39, 0.29) is 0 Å². The van der Waals surface area contributed by atoms with E-state index in [1.165, 1.54) is 11.3 Å². The lowest BCUT2D eigenvalue weighted by Gasteiger charge is -2.16. The van der Waals surface area contributed by atoms with E-state index in [2.05, 4.69) is 48.6 Å². The molecule has 1 aliphatic rings. The first-order chi connectivity index (χ1) is 5.79. The Hall–Kier alpha value is -1.02. The SMILES string of the molecule is CN(C)c1ccccc1[C@H]1CN1. The summed E-state index contributed by atoms with van der Waals surface area (Å²) in [6.45, 7) is 1.13. The van der Waals surface area contributed by atoms with Crippen molar-refractivity contribution in [1.29, 1.82) is 0 Å². The summed E-state index contributed by atoms with van der Waals surface area (Å²) in [4.78, 5) is 2.16. The van der Waals surface area contributed by atoms with Crippen molar-refractivity contribution in [3.63, 3.8) is 0 Å². The molecular formula is C10H14N2. The van der Waals surface area contributed by atoms with Gasteiger partial charge < -0.3 is 10.2 Å². The molecule has 12 heavy (non-hydrogen) atoms. The molecule has 1 fully saturated rings. The summed E-state index contributed by atoms with van der Waals surface area (Å²) >= 11 is 0. The third-order valence-corrected chi connectivity index (χ3v) is 2.20. The van der Waals surface area contributed by atoms with Gasteiger partial charge in [0.15, 0.2) is 0 Å². The first-order valence-electron chi connectivity index (χ1n) is 4.28. The molecule has 1 N–H and O–H groups in total. The third kappa shape index (κ3) is 1.30. The van der Waals surface area contributed by atoms with E-state index in [1.807, 2.05) is 0 Å². The van der Waals surface area contributed by atoms with Gasteiger partial charge in [0.1, 0.15) is 0 Å². The van der Waals surface area contributed by atoms with E-state index in [0.29, 0.717) is 6.04 Å². The molecule has 0 aliphatic carbocycles. The van der Waals surface area contributed by atoms with Crippen molar-refractivity contribution >= 4 is 5.69 Å². The number of anilines is 1. The molecule has 1 atom stereocenters. The number of hydrogen-bond acceptors (Lipinski definition) is 2. The molecule has 2 rings (SSSR count). The van der Waals surface area contributed by atoms with Crippen molar-refractivity contribution in [3.8, 4) is 0 Å². The summed E-state index contributed by atoms with van der Waals surface area (Å²) in [6, 6.07) is 9.14. The van der Waals surface area contributed by atoms with Crippen molar-refractivity contribution in [2.24, 2.45) is 0 Å². The number of rotatable bonds is 2. The first kappa shape index (κ1) is 7.62. The van der Waals surface area contributed by atoms with Crippen LogP contribution in [0.1, 0.15) is 11.6 Å². The maximum Gasteiger partial charge on any atom is 0.0468 e. The molecule has 0 spiro atoms. The zero-order valence-electron chi connectivity index (χ0n) is 7.54. The molecule has 0 unspecified atom stereocenters. The van der Waals surface area contributed by atoms with Gasteiger partial charge in [-0.05, 0) is 11.6 Å². The molecule has 1 aliphatic heterocycles. The molecule has 0 radical (unpaired) electrons. The molecule has 2 nitrogen and oxygen atoms in total. The van der Waals surface area contributed by atoms with E-state index in [1.54, 1.807) is 0 Å². The van der Waals surface area contributed by atoms with Gasteiger partial charge >= 0.3 is 0 Å². The molecule has 1 heterocycles. The van der Waals surface area contributed by atoms with E-state index in [9.17, 15) is 0 Å². The Morgan fingerprint density at radius 3 is 2.58 bits per heavy atom. The highest BCUT2D eigenvalue weighted by Crippen LogP contribution is 2.29. The predicted octanol–water partition coefficient (Wildman–Crippen LogP) is 1.40. The first-order valence-corrected chi connectivity index (χ1v) is 4.28. The van der Waals surface area contributed by atoms with Crippen LogP contribution < -0.4 is 10.2 Å². The lowest BCUT2D eigenvalue weighted by atomic mass is 10.1. The Labute approximate surface area is 73.2 Å². The lowest BCUT2D eigenvalue weighted by Crippen LogP contribution is -2.11. The summed E-state index contributed by atoms with van der Waals surface area (Å²) in [5.74, 6) is 0. The van der Waals surface area contributed by atoms with Crippen LogP contribution in [0.3, 0.4) is 0 Å². The van der Waals surface area contributed by atoms with Gasteiger partial charge in [-0.3, -0.25) is 0 Å². The van der Waals surface area contributed by atoms with Gasteiger partial charge in [-0.25, -0.2) is 0 Å². The summed E-state index contributed by atoms with van der Waals surface area (Å²) in [5, 5.41) is 3.32. The summed E-state index contributed by atoms with van der Waals surface area (Å²) in [5.41, 5.74) is 2.75. The van der Waals surface area contributed by atoms with Crippen LogP contribution in [-0.4, -0.2) is 20.6 Å². The standard InChI is InChI=1S/C10H14N2/c1-12(2)10-6-4-3-5-8(10)9-7-11-9/h3-6,9,11H,7H2,1-2H3/t9-/m1/s1. The minimum absolute atomic E-state index is 0.601. The molecule has 0 saturated carbocycles. The van der Waals surface area contributed by atoms with E-state index in [4.69, 9.17) is 0 Å². The van der Waals surface area contributed by atoms with Crippen LogP contribution in [0.25, 0.3) is 0 Å². The average Bonchev–Trinajstić information content (AvgIpc) is 2.87. The van der Waals surface area contributed by atoms with Crippen molar-refractivity contribution in [1.82, 2.24) is 5.32 Å². The Bertz CT molecular complexity index is 256. The molecule has 1 aromatic rings. The van der Waals surface area contributed by atoms with Crippen molar-refractivity contribution < 1.29 is 0 Å². The molecule has 1 saturated heterocycles. The Morgan fingerprint density at radius 2 is 2.00 bits per heavy atom. The lowest BCUT2D eigenvalue weighted by molar-refractivity contribution is 1.03. The van der Waals surface area contributed by atoms with Gasteiger partial charge in [-0.2, -0.15) is 0 Å². The van der Waals surface area contributed by atoms with Crippen LogP contribution in [-0.2, 0) is 0 Å². The molecule has 1 aromatic carbocycles. The average molecular weight is 162 g/mol. The van der Waals surface area contributed by atoms with Crippen LogP contribution in [0.4, 0.5) is 5.69 Å². The molecule has 0 bridgehead atoms. The van der Waals surface area contributed by atoms with E-state index < -0.39 is 0 Å². The summed E-state index contributed by atoms with van der Waals surface area (Å²) in [7, 11) is 4.17. The van der Waals surface area contributed by atoms with Crippen LogP contribution in [0.15, 0.2) is 24.3 Å². The minimum Gasteiger partial charge on any atom is -0.377 e. The monoisotopic (exact) mass is 162 g/mol. The Kier molecular flexibility index (Phi) is 1.77. The highest BCUT2D eigenvalue weighted by molar-refractivity contribution is 5.55. The van der Waals surface area contributed by atoms with Crippen LogP contribution in [0.5, 0.6) is 0 Å². The van der Waals surface area contributed by atoms with Crippen molar-refractivity contribution in [2.75, 3.05) is 25.5 Å². The zero-order chi connectivity index (χ0) is 8.55. The largest absolute Gasteiger partial charge is 0.377 e. The topological polar surface area (TPSA) is 25.2 Å². The second kappa shape index (κ2) is 2.79. The van der Waals surface area contributed by atoms with Gasteiger partial charge in [0, 0.05) is 32.4 Å². The Balaban J connectivity index is 2.36. The van der Waals surface area contributed by atoms with E-state index in [0.717, 1.165) is 6.54 Å². The zero-order valence-corrected chi connectivity index (χ0v) is 7.54. The van der Waals surface area contributed by atoms with Gasteiger partial charge in [-0.15, -0.1) is 0 Å². The Morgan fingerprint density at radius 1 is 1.33 bits per heavy atom. The third-order valence-electron chi connectivity index (χ3n) is 2.20. The molecule has 0 aromatic heterocycles. The predicted molar refractivity (Wildman–Crippen MR) is 51.5 cm³/mol. The van der Waals surface area contributed by atoms with Gasteiger partial charge in [-0.1, -0.05) is 18.2 Å². The van der Waals surface area contributed by atoms with Crippen LogP contribution >= 0.6 is 0 Å². The summed E-state index contributed by atoms with van der Waals surface area (Å²) < 4.78 is 0. The maximum atomic E-state index is 3.32. The van der Waals surface area contributed by atoms with Gasteiger partial charge in [0.25, 0.3) is 0 Å². The number of nitrogens with one attached hydrogen (secondary N) is 1. The molecule has 0 amide bonds. The van der Waals surface area contributed by atoms with Crippen molar-refractivity contribution in [3.05, 3.63) is 29.8 Å². The second-order valence-electron chi connectivity index (χ2n) is 3.41. The summed E-state index contributed by atoms with van der Waals surface area (Å²) in [6.07, 6.45) is 0. The fourth-order valence-electron chi connectivity index (χ4n) is 1.47. The number of nitrogens with zero attached hydrogens (tertiary/aromatic N) is 1. The second-order valence-corrected chi connectivity index (χ2v) is 3.41. The molecule has 2 heteroatoms. The number of hydrogen-bond donors (Lipinski definition) is 1. The fourth-order valence-corrected chi connectivity index (χ4v) is 1.47. The minimum atomic E-state index is 0.601. The highest BCUT2D eigenvalue weighted by Gasteiger charge is 2.24. The molecule has 64 valence electrons. The van der Waals surface area contributed by atoms with Gasteiger partial charge in [0.2, 0.25) is 0 Å². The van der Waals surface area contributed by atoms with Gasteiger partial charge in [0.05, 0.1) is 0 Å². The smallest absolute Gasteiger partial charge is 0.0468 e. The molecular weight excluding hydrogens is 148 g/mol. The maximum absolute atomic E-state index is 3.32. The van der Waals surface area contributed by atoms with Crippen LogP contribution in [0, 0.1) is 0 Å². The number of benzene rings is 1. The van der Waals surface area contributed by atoms with Crippen molar-refractivity contribution in [2.45, 2.75) is 6.04 Å². The van der Waals surface area contributed by atoms with Crippen LogP contribution in [0.2, 0.25) is 0 Å².